The summed E-state index contributed by atoms with van der Waals surface area (Å²) in [6.07, 6.45) is 5.14. The monoisotopic (exact) mass is 409 g/mol. The van der Waals surface area contributed by atoms with Gasteiger partial charge in [0.2, 0.25) is 0 Å². The van der Waals surface area contributed by atoms with Crippen molar-refractivity contribution in [3.63, 3.8) is 0 Å². The summed E-state index contributed by atoms with van der Waals surface area (Å²) in [6.45, 7) is 5.64. The van der Waals surface area contributed by atoms with Crippen molar-refractivity contribution < 1.29 is 4.79 Å². The second-order valence-electron chi connectivity index (χ2n) is 7.34. The number of benzene rings is 1. The van der Waals surface area contributed by atoms with Crippen LogP contribution in [0.4, 0.5) is 0 Å². The molecule has 0 aliphatic carbocycles. The Bertz CT molecular complexity index is 1020. The van der Waals surface area contributed by atoms with E-state index in [2.05, 4.69) is 10.4 Å². The van der Waals surface area contributed by atoms with Gasteiger partial charge in [0.25, 0.3) is 5.91 Å². The van der Waals surface area contributed by atoms with Gasteiger partial charge in [-0.1, -0.05) is 24.1 Å². The zero-order valence-corrected chi connectivity index (χ0v) is 17.4. The number of amides is 1. The Morgan fingerprint density at radius 1 is 1.07 bits per heavy atom. The standard InChI is InChI=1S/C22H24ClN5O/c1-15-7-6-12-24-19(15)21-25-20(22(29)26-27-13-4-3-5-14-27)16(2)28(21)18-10-8-17(23)9-11-18/h6-12H,3-5,13-14H2,1-2H3,(H,26,29). The van der Waals surface area contributed by atoms with Crippen molar-refractivity contribution >= 4 is 17.5 Å². The van der Waals surface area contributed by atoms with Crippen LogP contribution in [-0.4, -0.2) is 38.5 Å². The van der Waals surface area contributed by atoms with Crippen LogP contribution in [0.5, 0.6) is 0 Å². The van der Waals surface area contributed by atoms with Crippen molar-refractivity contribution in [1.82, 2.24) is 25.0 Å². The highest BCUT2D eigenvalue weighted by Gasteiger charge is 2.24. The first-order chi connectivity index (χ1) is 14.0. The largest absolute Gasteiger partial charge is 0.295 e. The second-order valence-corrected chi connectivity index (χ2v) is 7.78. The number of halogens is 1. The molecule has 1 fully saturated rings. The van der Waals surface area contributed by atoms with Crippen LogP contribution in [0.2, 0.25) is 5.02 Å². The van der Waals surface area contributed by atoms with Gasteiger partial charge in [-0.15, -0.1) is 0 Å². The molecule has 0 atom stereocenters. The molecule has 0 saturated carbocycles. The van der Waals surface area contributed by atoms with E-state index in [1.54, 1.807) is 6.20 Å². The highest BCUT2D eigenvalue weighted by Crippen LogP contribution is 2.28. The molecule has 7 heteroatoms. The number of aryl methyl sites for hydroxylation is 1. The molecule has 1 aliphatic rings. The van der Waals surface area contributed by atoms with Crippen molar-refractivity contribution in [3.8, 4) is 17.2 Å². The van der Waals surface area contributed by atoms with Crippen LogP contribution in [0.3, 0.4) is 0 Å². The van der Waals surface area contributed by atoms with E-state index in [0.29, 0.717) is 16.5 Å². The van der Waals surface area contributed by atoms with Crippen LogP contribution < -0.4 is 5.43 Å². The number of hydrogen-bond acceptors (Lipinski definition) is 4. The van der Waals surface area contributed by atoms with Crippen molar-refractivity contribution in [2.45, 2.75) is 33.1 Å². The SMILES string of the molecule is Cc1cccnc1-c1nc(C(=O)NN2CCCCC2)c(C)n1-c1ccc(Cl)cc1. The smallest absolute Gasteiger partial charge is 0.286 e. The molecule has 3 aromatic rings. The van der Waals surface area contributed by atoms with Crippen molar-refractivity contribution in [1.29, 1.82) is 0 Å². The summed E-state index contributed by atoms with van der Waals surface area (Å²) in [6, 6.07) is 11.4. The topological polar surface area (TPSA) is 63.1 Å². The van der Waals surface area contributed by atoms with E-state index in [4.69, 9.17) is 16.6 Å². The predicted molar refractivity (Wildman–Crippen MR) is 114 cm³/mol. The molecule has 150 valence electrons. The summed E-state index contributed by atoms with van der Waals surface area (Å²) in [5.41, 5.74) is 6.83. The molecule has 1 saturated heterocycles. The highest BCUT2D eigenvalue weighted by atomic mass is 35.5. The Kier molecular flexibility index (Phi) is 5.65. The van der Waals surface area contributed by atoms with Crippen LogP contribution in [0.25, 0.3) is 17.2 Å². The Morgan fingerprint density at radius 2 is 1.79 bits per heavy atom. The lowest BCUT2D eigenvalue weighted by Gasteiger charge is -2.26. The first-order valence-electron chi connectivity index (χ1n) is 9.88. The number of hydrazine groups is 1. The lowest BCUT2D eigenvalue weighted by molar-refractivity contribution is 0.0744. The fourth-order valence-corrected chi connectivity index (χ4v) is 3.83. The van der Waals surface area contributed by atoms with Crippen LogP contribution in [0.15, 0.2) is 42.6 Å². The van der Waals surface area contributed by atoms with Gasteiger partial charge >= 0.3 is 0 Å². The number of pyridine rings is 1. The molecular formula is C22H24ClN5O. The molecule has 0 unspecified atom stereocenters. The summed E-state index contributed by atoms with van der Waals surface area (Å²) >= 11 is 6.08. The van der Waals surface area contributed by atoms with Gasteiger partial charge in [-0.05, 0) is 62.6 Å². The number of carbonyl (C=O) groups excluding carboxylic acids is 1. The number of carbonyl (C=O) groups is 1. The third-order valence-corrected chi connectivity index (χ3v) is 5.50. The normalized spacial score (nSPS) is 14.7. The maximum atomic E-state index is 13.0. The van der Waals surface area contributed by atoms with Crippen LogP contribution in [-0.2, 0) is 0 Å². The summed E-state index contributed by atoms with van der Waals surface area (Å²) in [4.78, 5) is 22.3. The lowest BCUT2D eigenvalue weighted by Crippen LogP contribution is -2.45. The third kappa shape index (κ3) is 4.04. The van der Waals surface area contributed by atoms with Crippen molar-refractivity contribution in [2.75, 3.05) is 13.1 Å². The predicted octanol–water partition coefficient (Wildman–Crippen LogP) is 4.34. The molecule has 4 rings (SSSR count). The van der Waals surface area contributed by atoms with E-state index >= 15 is 0 Å². The molecule has 0 bridgehead atoms. The molecule has 1 N–H and O–H groups in total. The quantitative estimate of drug-likeness (QED) is 0.696. The first-order valence-corrected chi connectivity index (χ1v) is 10.3. The fraction of sp³-hybridized carbons (Fsp3) is 0.318. The number of nitrogens with zero attached hydrogens (tertiary/aromatic N) is 4. The maximum Gasteiger partial charge on any atom is 0.286 e. The number of piperidine rings is 1. The molecule has 1 aliphatic heterocycles. The van der Waals surface area contributed by atoms with E-state index in [-0.39, 0.29) is 5.91 Å². The molecule has 1 amide bonds. The number of nitrogens with one attached hydrogen (secondary N) is 1. The van der Waals surface area contributed by atoms with E-state index in [1.807, 2.05) is 59.8 Å². The van der Waals surface area contributed by atoms with Crippen LogP contribution >= 0.6 is 11.6 Å². The van der Waals surface area contributed by atoms with E-state index < -0.39 is 0 Å². The van der Waals surface area contributed by atoms with Gasteiger partial charge in [0.1, 0.15) is 5.69 Å². The number of rotatable bonds is 4. The summed E-state index contributed by atoms with van der Waals surface area (Å²) in [7, 11) is 0. The third-order valence-electron chi connectivity index (χ3n) is 5.24. The van der Waals surface area contributed by atoms with Crippen molar-refractivity contribution in [2.24, 2.45) is 0 Å². The Labute approximate surface area is 175 Å². The van der Waals surface area contributed by atoms with Gasteiger partial charge in [-0.3, -0.25) is 19.8 Å². The van der Waals surface area contributed by atoms with Crippen molar-refractivity contribution in [3.05, 3.63) is 64.6 Å². The Morgan fingerprint density at radius 3 is 2.48 bits per heavy atom. The Hall–Kier alpha value is -2.70. The molecule has 6 nitrogen and oxygen atoms in total. The summed E-state index contributed by atoms with van der Waals surface area (Å²) in [5, 5.41) is 2.64. The number of aromatic nitrogens is 3. The molecule has 29 heavy (non-hydrogen) atoms. The zero-order chi connectivity index (χ0) is 20.4. The van der Waals surface area contributed by atoms with Gasteiger partial charge in [0, 0.05) is 30.0 Å². The Balaban J connectivity index is 1.79. The highest BCUT2D eigenvalue weighted by molar-refractivity contribution is 6.30. The molecule has 3 heterocycles. The van der Waals surface area contributed by atoms with Gasteiger partial charge in [0.05, 0.1) is 5.69 Å². The molecular weight excluding hydrogens is 386 g/mol. The van der Waals surface area contributed by atoms with E-state index in [0.717, 1.165) is 48.6 Å². The van der Waals surface area contributed by atoms with Crippen LogP contribution in [0, 0.1) is 13.8 Å². The molecule has 0 radical (unpaired) electrons. The fourth-order valence-electron chi connectivity index (χ4n) is 3.70. The minimum absolute atomic E-state index is 0.188. The second kappa shape index (κ2) is 8.35. The average Bonchev–Trinajstić information content (AvgIpc) is 3.07. The summed E-state index contributed by atoms with van der Waals surface area (Å²) in [5.74, 6) is 0.457. The molecule has 2 aromatic heterocycles. The minimum atomic E-state index is -0.188. The lowest BCUT2D eigenvalue weighted by atomic mass is 10.2. The van der Waals surface area contributed by atoms with Gasteiger partial charge < -0.3 is 0 Å². The summed E-state index contributed by atoms with van der Waals surface area (Å²) < 4.78 is 1.97. The zero-order valence-electron chi connectivity index (χ0n) is 16.7. The first kappa shape index (κ1) is 19.6. The number of hydrogen-bond donors (Lipinski definition) is 1. The van der Waals surface area contributed by atoms with E-state index in [1.165, 1.54) is 6.42 Å². The van der Waals surface area contributed by atoms with Gasteiger partial charge in [0.15, 0.2) is 11.5 Å². The molecule has 1 aromatic carbocycles. The van der Waals surface area contributed by atoms with Crippen LogP contribution in [0.1, 0.15) is 41.0 Å². The minimum Gasteiger partial charge on any atom is -0.295 e. The van der Waals surface area contributed by atoms with Gasteiger partial charge in [-0.2, -0.15) is 0 Å². The molecule has 0 spiro atoms. The number of imidazole rings is 1. The van der Waals surface area contributed by atoms with E-state index in [9.17, 15) is 4.79 Å². The maximum absolute atomic E-state index is 13.0. The van der Waals surface area contributed by atoms with Gasteiger partial charge in [-0.25, -0.2) is 9.99 Å². The average molecular weight is 410 g/mol.